The fourth-order valence-corrected chi connectivity index (χ4v) is 4.67. The van der Waals surface area contributed by atoms with E-state index in [0.717, 1.165) is 9.37 Å². The number of thioether (sulfide) groups is 1. The van der Waals surface area contributed by atoms with Gasteiger partial charge < -0.3 is 18.9 Å². The van der Waals surface area contributed by atoms with E-state index in [1.807, 2.05) is 6.07 Å². The molecule has 0 radical (unpaired) electrons. The molecule has 0 saturated carbocycles. The standard InChI is InChI=1S/C19H22BrClO7S/c1-9-17(26-11(3)23)16(8-25-10(2)22)28-19(18(9)27-12(4)24)29-13-5-6-14(20)15(21)7-13/h5-7,9,16-19H,8H2,1-4H3/t9?,16?,17-,18?,19-/m1/s1. The van der Waals surface area contributed by atoms with E-state index in [-0.39, 0.29) is 6.61 Å². The van der Waals surface area contributed by atoms with Gasteiger partial charge in [-0.25, -0.2) is 0 Å². The van der Waals surface area contributed by atoms with Crippen LogP contribution in [0.3, 0.4) is 0 Å². The molecule has 0 amide bonds. The van der Waals surface area contributed by atoms with Crippen molar-refractivity contribution in [1.82, 2.24) is 0 Å². The molecule has 5 atom stereocenters. The Kier molecular flexibility index (Phi) is 8.81. The maximum atomic E-state index is 11.7. The number of hydrogen-bond donors (Lipinski definition) is 0. The third-order valence-electron chi connectivity index (χ3n) is 4.18. The Bertz CT molecular complexity index is 773. The molecule has 1 fully saturated rings. The molecule has 1 aromatic rings. The molecule has 1 saturated heterocycles. The van der Waals surface area contributed by atoms with Crippen molar-refractivity contribution in [3.05, 3.63) is 27.7 Å². The second-order valence-corrected chi connectivity index (χ2v) is 8.98. The van der Waals surface area contributed by atoms with Gasteiger partial charge >= 0.3 is 17.9 Å². The Hall–Kier alpha value is -1.29. The van der Waals surface area contributed by atoms with Crippen LogP contribution < -0.4 is 0 Å². The lowest BCUT2D eigenvalue weighted by molar-refractivity contribution is -0.212. The average Bonchev–Trinajstić information content (AvgIpc) is 2.61. The third-order valence-corrected chi connectivity index (χ3v) is 6.55. The predicted octanol–water partition coefficient (Wildman–Crippen LogP) is 3.98. The summed E-state index contributed by atoms with van der Waals surface area (Å²) in [4.78, 5) is 35.3. The lowest BCUT2D eigenvalue weighted by Gasteiger charge is -2.43. The average molecular weight is 510 g/mol. The second kappa shape index (κ2) is 10.7. The van der Waals surface area contributed by atoms with Crippen molar-refractivity contribution in [1.29, 1.82) is 0 Å². The zero-order chi connectivity index (χ0) is 21.7. The van der Waals surface area contributed by atoms with Crippen molar-refractivity contribution < 1.29 is 33.3 Å². The van der Waals surface area contributed by atoms with Gasteiger partial charge in [-0.05, 0) is 34.1 Å². The van der Waals surface area contributed by atoms with Crippen molar-refractivity contribution in [3.63, 3.8) is 0 Å². The summed E-state index contributed by atoms with van der Waals surface area (Å²) in [5.41, 5.74) is -0.626. The first kappa shape index (κ1) is 24.0. The van der Waals surface area contributed by atoms with E-state index < -0.39 is 47.6 Å². The Morgan fingerprint density at radius 2 is 1.72 bits per heavy atom. The first-order valence-corrected chi connectivity index (χ1v) is 10.9. The predicted molar refractivity (Wildman–Crippen MR) is 111 cm³/mol. The van der Waals surface area contributed by atoms with Gasteiger partial charge in [-0.1, -0.05) is 30.3 Å². The molecule has 7 nitrogen and oxygen atoms in total. The molecule has 160 valence electrons. The summed E-state index contributed by atoms with van der Waals surface area (Å²) in [6, 6.07) is 5.41. The molecule has 0 spiro atoms. The van der Waals surface area contributed by atoms with Crippen molar-refractivity contribution in [2.45, 2.75) is 56.3 Å². The number of carbonyl (C=O) groups is 3. The second-order valence-electron chi connectivity index (χ2n) is 6.55. The van der Waals surface area contributed by atoms with Crippen LogP contribution in [-0.4, -0.2) is 48.3 Å². The zero-order valence-electron chi connectivity index (χ0n) is 16.3. The lowest BCUT2D eigenvalue weighted by atomic mass is 9.91. The summed E-state index contributed by atoms with van der Waals surface area (Å²) >= 11 is 10.8. The van der Waals surface area contributed by atoms with Gasteiger partial charge in [0.2, 0.25) is 0 Å². The molecule has 1 aromatic carbocycles. The van der Waals surface area contributed by atoms with Crippen LogP contribution in [0.15, 0.2) is 27.6 Å². The van der Waals surface area contributed by atoms with Crippen LogP contribution in [0.2, 0.25) is 5.02 Å². The molecule has 2 rings (SSSR count). The highest BCUT2D eigenvalue weighted by molar-refractivity contribution is 9.10. The number of carbonyl (C=O) groups excluding carboxylic acids is 3. The molecular formula is C19H22BrClO7S. The molecule has 0 bridgehead atoms. The van der Waals surface area contributed by atoms with Crippen LogP contribution in [0.25, 0.3) is 0 Å². The molecule has 3 unspecified atom stereocenters. The summed E-state index contributed by atoms with van der Waals surface area (Å²) in [6.07, 6.45) is -2.16. The molecule has 0 aromatic heterocycles. The molecule has 29 heavy (non-hydrogen) atoms. The Labute approximate surface area is 186 Å². The van der Waals surface area contributed by atoms with Crippen molar-refractivity contribution in [2.75, 3.05) is 6.61 Å². The van der Waals surface area contributed by atoms with Crippen LogP contribution in [0, 0.1) is 5.92 Å². The van der Waals surface area contributed by atoms with Gasteiger partial charge in [-0.3, -0.25) is 14.4 Å². The van der Waals surface area contributed by atoms with Gasteiger partial charge in [0.05, 0.1) is 5.02 Å². The SMILES string of the molecule is CC(=O)OCC1O[C@H](Sc2ccc(Br)c(Cl)c2)C(OC(C)=O)C(C)[C@H]1OC(C)=O. The van der Waals surface area contributed by atoms with Gasteiger partial charge in [0.1, 0.15) is 30.4 Å². The van der Waals surface area contributed by atoms with E-state index in [1.165, 1.54) is 32.5 Å². The zero-order valence-corrected chi connectivity index (χ0v) is 19.5. The molecule has 0 aliphatic carbocycles. The number of ether oxygens (including phenoxy) is 4. The van der Waals surface area contributed by atoms with Gasteiger partial charge in [0, 0.05) is 36.1 Å². The van der Waals surface area contributed by atoms with Gasteiger partial charge in [0.25, 0.3) is 0 Å². The molecular weight excluding hydrogens is 488 g/mol. The summed E-state index contributed by atoms with van der Waals surface area (Å²) in [6.45, 7) is 5.57. The minimum Gasteiger partial charge on any atom is -0.463 e. The maximum absolute atomic E-state index is 11.7. The number of benzene rings is 1. The van der Waals surface area contributed by atoms with Crippen molar-refractivity contribution in [2.24, 2.45) is 5.92 Å². The highest BCUT2D eigenvalue weighted by Crippen LogP contribution is 2.40. The molecule has 10 heteroatoms. The molecule has 1 aliphatic heterocycles. The monoisotopic (exact) mass is 508 g/mol. The molecule has 1 aliphatic rings. The van der Waals surface area contributed by atoms with Crippen LogP contribution in [-0.2, 0) is 33.3 Å². The van der Waals surface area contributed by atoms with Gasteiger partial charge in [-0.15, -0.1) is 0 Å². The lowest BCUT2D eigenvalue weighted by Crippen LogP contribution is -2.56. The van der Waals surface area contributed by atoms with E-state index in [0.29, 0.717) is 5.02 Å². The van der Waals surface area contributed by atoms with E-state index in [9.17, 15) is 14.4 Å². The number of esters is 3. The van der Waals surface area contributed by atoms with Crippen molar-refractivity contribution in [3.8, 4) is 0 Å². The van der Waals surface area contributed by atoms with Gasteiger partial charge in [0.15, 0.2) is 0 Å². The summed E-state index contributed by atoms with van der Waals surface area (Å²) in [7, 11) is 0. The van der Waals surface area contributed by atoms with E-state index in [1.54, 1.807) is 19.1 Å². The number of rotatable bonds is 6. The Morgan fingerprint density at radius 1 is 1.10 bits per heavy atom. The van der Waals surface area contributed by atoms with Crippen LogP contribution in [0.1, 0.15) is 27.7 Å². The fraction of sp³-hybridized carbons (Fsp3) is 0.526. The fourth-order valence-electron chi connectivity index (χ4n) is 2.94. The van der Waals surface area contributed by atoms with Crippen LogP contribution in [0.4, 0.5) is 0 Å². The Balaban J connectivity index is 2.31. The Morgan fingerprint density at radius 3 is 2.28 bits per heavy atom. The smallest absolute Gasteiger partial charge is 0.303 e. The minimum absolute atomic E-state index is 0.0947. The first-order chi connectivity index (χ1) is 13.6. The summed E-state index contributed by atoms with van der Waals surface area (Å²) in [5.74, 6) is -1.87. The quantitative estimate of drug-likeness (QED) is 0.420. The molecule has 0 N–H and O–H groups in total. The normalized spacial score (nSPS) is 26.5. The third kappa shape index (κ3) is 6.87. The summed E-state index contributed by atoms with van der Waals surface area (Å²) in [5, 5.41) is 0.525. The van der Waals surface area contributed by atoms with Gasteiger partial charge in [-0.2, -0.15) is 0 Å². The number of halogens is 2. The van der Waals surface area contributed by atoms with E-state index in [2.05, 4.69) is 15.9 Å². The largest absolute Gasteiger partial charge is 0.463 e. The highest BCUT2D eigenvalue weighted by Gasteiger charge is 2.48. The molecule has 1 heterocycles. The maximum Gasteiger partial charge on any atom is 0.303 e. The highest BCUT2D eigenvalue weighted by atomic mass is 79.9. The minimum atomic E-state index is -0.749. The van der Waals surface area contributed by atoms with E-state index in [4.69, 9.17) is 30.5 Å². The number of hydrogen-bond acceptors (Lipinski definition) is 8. The van der Waals surface area contributed by atoms with Crippen LogP contribution in [0.5, 0.6) is 0 Å². The van der Waals surface area contributed by atoms with Crippen LogP contribution >= 0.6 is 39.3 Å². The van der Waals surface area contributed by atoms with E-state index >= 15 is 0 Å². The first-order valence-electron chi connectivity index (χ1n) is 8.83. The van der Waals surface area contributed by atoms with Crippen molar-refractivity contribution >= 4 is 57.2 Å². The topological polar surface area (TPSA) is 88.1 Å². The summed E-state index contributed by atoms with van der Waals surface area (Å²) < 4.78 is 22.8.